The molecular weight excluding hydrogens is 411 g/mol. The number of Topliss-reactive ketones (excluding diaryl/α,β-unsaturated/α-hetero) is 2. The Morgan fingerprint density at radius 2 is 0.960 bits per heavy atom. The Kier molecular flexibility index (Phi) is 28.4. The third kappa shape index (κ3) is 39.4. The number of carbonyl (C=O) groups is 5. The summed E-state index contributed by atoms with van der Waals surface area (Å²) in [6.45, 7) is 5.50. The zero-order valence-corrected chi connectivity index (χ0v) is 17.5. The van der Waals surface area contributed by atoms with Crippen molar-refractivity contribution in [1.82, 2.24) is 0 Å². The molecule has 0 aliphatic rings. The van der Waals surface area contributed by atoms with Crippen molar-refractivity contribution in [2.24, 2.45) is 0 Å². The van der Waals surface area contributed by atoms with Crippen molar-refractivity contribution in [2.45, 2.75) is 72.1 Å². The van der Waals surface area contributed by atoms with E-state index in [1.165, 1.54) is 0 Å². The Labute approximate surface area is 167 Å². The molecule has 0 bridgehead atoms. The van der Waals surface area contributed by atoms with Crippen LogP contribution in [-0.4, -0.2) is 39.7 Å². The van der Waals surface area contributed by atoms with Crippen LogP contribution in [0.15, 0.2) is 0 Å². The van der Waals surface area contributed by atoms with Gasteiger partial charge in [-0.3, -0.25) is 19.2 Å². The zero-order chi connectivity index (χ0) is 19.5. The van der Waals surface area contributed by atoms with Crippen LogP contribution in [0.2, 0.25) is 0 Å². The minimum atomic E-state index is -1.03. The van der Waals surface area contributed by atoms with Crippen LogP contribution in [0.5, 0.6) is 0 Å². The predicted molar refractivity (Wildman–Crippen MR) is 84.3 cm³/mol. The zero-order valence-electron chi connectivity index (χ0n) is 15.0. The molecule has 0 saturated carbocycles. The molecule has 9 heteroatoms. The van der Waals surface area contributed by atoms with Gasteiger partial charge in [-0.25, -0.2) is 0 Å². The number of hydrogen-bond donors (Lipinski definition) is 2. The van der Waals surface area contributed by atoms with Gasteiger partial charge in [-0.1, -0.05) is 27.2 Å². The van der Waals surface area contributed by atoms with E-state index < -0.39 is 17.9 Å². The number of hydrogen-bond acceptors (Lipinski definition) is 6. The van der Waals surface area contributed by atoms with Crippen molar-refractivity contribution >= 4 is 29.5 Å². The summed E-state index contributed by atoms with van der Waals surface area (Å²) in [6.07, 6.45) is 2.42. The summed E-state index contributed by atoms with van der Waals surface area (Å²) in [5, 5.41) is 25.7. The predicted octanol–water partition coefficient (Wildman–Crippen LogP) is 1.19. The number of carboxylic acid groups (broad SMARTS) is 3. The van der Waals surface area contributed by atoms with E-state index in [1.54, 1.807) is 6.92 Å². The summed E-state index contributed by atoms with van der Waals surface area (Å²) in [4.78, 5) is 50.2. The van der Waals surface area contributed by atoms with Gasteiger partial charge < -0.3 is 20.1 Å². The monoisotopic (exact) mass is 437 g/mol. The van der Waals surface area contributed by atoms with Crippen molar-refractivity contribution in [3.05, 3.63) is 0 Å². The molecule has 0 aliphatic carbocycles. The Bertz CT molecular complexity index is 377. The maximum Gasteiger partial charge on any atom is 0.310 e. The fourth-order valence-corrected chi connectivity index (χ4v) is 1.28. The smallest absolute Gasteiger partial charge is 0.310 e. The Morgan fingerprint density at radius 1 is 0.680 bits per heavy atom. The summed E-state index contributed by atoms with van der Waals surface area (Å²) in [5.74, 6) is -3.41. The molecule has 0 aromatic heterocycles. The number of aliphatic carboxylic acids is 3. The summed E-state index contributed by atoms with van der Waals surface area (Å²) in [5.41, 5.74) is 0. The molecule has 0 heterocycles. The van der Waals surface area contributed by atoms with Gasteiger partial charge in [-0.2, -0.15) is 0 Å². The number of carboxylic acids is 3. The van der Waals surface area contributed by atoms with Crippen molar-refractivity contribution in [3.8, 4) is 0 Å². The first-order chi connectivity index (χ1) is 11.1. The Morgan fingerprint density at radius 3 is 1.08 bits per heavy atom. The molecule has 0 atom stereocenters. The largest absolute Gasteiger partial charge is 0.550 e. The van der Waals surface area contributed by atoms with E-state index in [1.807, 2.05) is 13.8 Å². The molecule has 0 fully saturated rings. The molecular formula is C16H27O8Zr-. The molecule has 0 spiro atoms. The average molecular weight is 439 g/mol. The standard InChI is InChI=1S/2C6H10O3.C4H8O2.Zr/c2*1-2-3-5(7)4-6(8)9;1-2-3-4(5)6;/h2*2-4H2,1H3,(H,8,9);2-3H2,1H3,(H,5,6);/p-1. The second-order valence-corrected chi connectivity index (χ2v) is 4.84. The second kappa shape index (κ2) is 22.6. The third-order valence-corrected chi connectivity index (χ3v) is 2.21. The molecule has 8 nitrogen and oxygen atoms in total. The molecule has 0 unspecified atom stereocenters. The quantitative estimate of drug-likeness (QED) is 0.483. The molecule has 0 aromatic rings. The van der Waals surface area contributed by atoms with Crippen LogP contribution in [0.4, 0.5) is 0 Å². The van der Waals surface area contributed by atoms with Gasteiger partial charge >= 0.3 is 11.9 Å². The van der Waals surface area contributed by atoms with E-state index in [0.717, 1.165) is 12.8 Å². The van der Waals surface area contributed by atoms with Crippen LogP contribution in [0, 0.1) is 0 Å². The summed E-state index contributed by atoms with van der Waals surface area (Å²) < 4.78 is 0. The van der Waals surface area contributed by atoms with Gasteiger partial charge in [0.2, 0.25) is 0 Å². The number of carbonyl (C=O) groups excluding carboxylic acids is 3. The normalized spacial score (nSPS) is 8.44. The van der Waals surface area contributed by atoms with E-state index in [0.29, 0.717) is 19.3 Å². The topological polar surface area (TPSA) is 149 Å². The molecule has 25 heavy (non-hydrogen) atoms. The Hall–Kier alpha value is -1.37. The van der Waals surface area contributed by atoms with Gasteiger partial charge in [0.15, 0.2) is 0 Å². The first-order valence-electron chi connectivity index (χ1n) is 7.77. The van der Waals surface area contributed by atoms with Gasteiger partial charge in [0, 0.05) is 45.0 Å². The second-order valence-electron chi connectivity index (χ2n) is 4.84. The molecule has 0 amide bonds. The molecule has 2 N–H and O–H groups in total. The van der Waals surface area contributed by atoms with Gasteiger partial charge in [0.1, 0.15) is 24.4 Å². The SMILES string of the molecule is CCCC(=O)CC(=O)O.CCCC(=O)CC(=O)O.CCCC(=O)[O-].[Zr]. The fourth-order valence-electron chi connectivity index (χ4n) is 1.28. The van der Waals surface area contributed by atoms with Crippen molar-refractivity contribution in [3.63, 3.8) is 0 Å². The van der Waals surface area contributed by atoms with E-state index in [9.17, 15) is 29.1 Å². The summed E-state index contributed by atoms with van der Waals surface area (Å²) >= 11 is 0. The molecule has 0 rings (SSSR count). The third-order valence-electron chi connectivity index (χ3n) is 2.21. The van der Waals surface area contributed by atoms with Crippen LogP contribution in [0.3, 0.4) is 0 Å². The van der Waals surface area contributed by atoms with Crippen LogP contribution < -0.4 is 5.11 Å². The fraction of sp³-hybridized carbons (Fsp3) is 0.688. The maximum atomic E-state index is 10.5. The van der Waals surface area contributed by atoms with Crippen molar-refractivity contribution in [2.75, 3.05) is 0 Å². The van der Waals surface area contributed by atoms with Crippen molar-refractivity contribution in [1.29, 1.82) is 0 Å². The van der Waals surface area contributed by atoms with E-state index in [4.69, 9.17) is 10.2 Å². The first kappa shape index (κ1) is 31.4. The van der Waals surface area contributed by atoms with Gasteiger partial charge in [-0.15, -0.1) is 0 Å². The van der Waals surface area contributed by atoms with E-state index in [-0.39, 0.29) is 57.0 Å². The average Bonchev–Trinajstić information content (AvgIpc) is 2.38. The minimum Gasteiger partial charge on any atom is -0.550 e. The molecule has 0 radical (unpaired) electrons. The molecule has 0 saturated heterocycles. The number of ketones is 2. The summed E-state index contributed by atoms with van der Waals surface area (Å²) in [6, 6.07) is 0. The molecule has 0 aliphatic heterocycles. The van der Waals surface area contributed by atoms with Gasteiger partial charge in [0.25, 0.3) is 0 Å². The van der Waals surface area contributed by atoms with Gasteiger partial charge in [0.05, 0.1) is 0 Å². The van der Waals surface area contributed by atoms with E-state index in [2.05, 4.69) is 0 Å². The van der Waals surface area contributed by atoms with Gasteiger partial charge in [-0.05, 0) is 19.3 Å². The Balaban J connectivity index is -0.000000133. The number of rotatable bonds is 10. The van der Waals surface area contributed by atoms with Crippen LogP contribution in [-0.2, 0) is 50.2 Å². The molecule has 144 valence electrons. The van der Waals surface area contributed by atoms with Crippen LogP contribution in [0.25, 0.3) is 0 Å². The minimum absolute atomic E-state index is 0. The first-order valence-corrected chi connectivity index (χ1v) is 7.77. The molecule has 0 aromatic carbocycles. The maximum absolute atomic E-state index is 10.5. The van der Waals surface area contributed by atoms with Crippen LogP contribution >= 0.6 is 0 Å². The summed E-state index contributed by atoms with van der Waals surface area (Å²) in [7, 11) is 0. The van der Waals surface area contributed by atoms with Crippen LogP contribution in [0.1, 0.15) is 72.1 Å². The van der Waals surface area contributed by atoms with E-state index >= 15 is 0 Å². The van der Waals surface area contributed by atoms with Crippen molar-refractivity contribution < 1.29 is 65.5 Å².